The van der Waals surface area contributed by atoms with E-state index >= 15 is 0 Å². The molecule has 1 aromatic heterocycles. The minimum Gasteiger partial charge on any atom is -0.337 e. The number of anilines is 1. The van der Waals surface area contributed by atoms with Crippen LogP contribution in [0.15, 0.2) is 48.7 Å². The molecule has 0 saturated carbocycles. The monoisotopic (exact) mass is 303 g/mol. The largest absolute Gasteiger partial charge is 0.337 e. The fourth-order valence-corrected chi connectivity index (χ4v) is 2.81. The Morgan fingerprint density at radius 2 is 1.83 bits per heavy atom. The summed E-state index contributed by atoms with van der Waals surface area (Å²) >= 11 is 0. The van der Waals surface area contributed by atoms with Crippen molar-refractivity contribution in [2.45, 2.75) is 20.4 Å². The van der Waals surface area contributed by atoms with Gasteiger partial charge in [0.25, 0.3) is 0 Å². The lowest BCUT2D eigenvalue weighted by Crippen LogP contribution is -2.19. The Morgan fingerprint density at radius 1 is 1.13 bits per heavy atom. The first kappa shape index (κ1) is 14.9. The van der Waals surface area contributed by atoms with Crippen molar-refractivity contribution in [1.82, 2.24) is 4.57 Å². The molecule has 0 fully saturated rings. The Morgan fingerprint density at radius 3 is 2.52 bits per heavy atom. The lowest BCUT2D eigenvalue weighted by molar-refractivity contribution is -0.116. The third kappa shape index (κ3) is 2.82. The summed E-state index contributed by atoms with van der Waals surface area (Å²) in [4.78, 5) is 12.4. The lowest BCUT2D eigenvalue weighted by Gasteiger charge is -2.12. The molecule has 0 aliphatic rings. The van der Waals surface area contributed by atoms with Gasteiger partial charge in [0.1, 0.15) is 12.6 Å². The molecule has 0 spiro atoms. The fourth-order valence-electron chi connectivity index (χ4n) is 2.81. The van der Waals surface area contributed by atoms with Crippen LogP contribution in [-0.4, -0.2) is 10.5 Å². The molecular formula is C19H17N3O. The van der Waals surface area contributed by atoms with Gasteiger partial charge in [0.15, 0.2) is 0 Å². The van der Waals surface area contributed by atoms with Gasteiger partial charge in [-0.3, -0.25) is 4.79 Å². The summed E-state index contributed by atoms with van der Waals surface area (Å²) < 4.78 is 1.82. The van der Waals surface area contributed by atoms with Crippen molar-refractivity contribution in [1.29, 1.82) is 5.26 Å². The number of carbonyl (C=O) groups excluding carboxylic acids is 1. The highest BCUT2D eigenvalue weighted by molar-refractivity contribution is 5.94. The first-order valence-electron chi connectivity index (χ1n) is 7.44. The van der Waals surface area contributed by atoms with Crippen LogP contribution in [0, 0.1) is 25.2 Å². The molecule has 4 heteroatoms. The number of nitrogens with one attached hydrogen (secondary N) is 1. The molecule has 114 valence electrons. The molecule has 0 saturated heterocycles. The summed E-state index contributed by atoms with van der Waals surface area (Å²) in [6, 6.07) is 15.7. The van der Waals surface area contributed by atoms with Gasteiger partial charge in [-0.15, -0.1) is 0 Å². The van der Waals surface area contributed by atoms with E-state index in [9.17, 15) is 10.1 Å². The molecule has 0 atom stereocenters. The molecule has 1 N–H and O–H groups in total. The van der Waals surface area contributed by atoms with E-state index in [2.05, 4.69) is 11.4 Å². The van der Waals surface area contributed by atoms with Crippen molar-refractivity contribution in [3.63, 3.8) is 0 Å². The zero-order chi connectivity index (χ0) is 16.4. The number of para-hydroxylation sites is 2. The van der Waals surface area contributed by atoms with Crippen LogP contribution in [0.5, 0.6) is 0 Å². The average molecular weight is 303 g/mol. The van der Waals surface area contributed by atoms with Gasteiger partial charge >= 0.3 is 0 Å². The maximum atomic E-state index is 12.4. The second kappa shape index (κ2) is 5.98. The van der Waals surface area contributed by atoms with Crippen molar-refractivity contribution in [3.05, 3.63) is 65.4 Å². The standard InChI is InChI=1S/C19H17N3O/c1-13-6-5-7-14(2)19(13)21-18(23)12-22-11-15(10-20)16-8-3-4-9-17(16)22/h3-9,11H,12H2,1-2H3,(H,21,23). The van der Waals surface area contributed by atoms with E-state index in [4.69, 9.17) is 0 Å². The summed E-state index contributed by atoms with van der Waals surface area (Å²) in [6.45, 7) is 4.12. The number of nitrogens with zero attached hydrogens (tertiary/aromatic N) is 2. The molecule has 0 aliphatic heterocycles. The Bertz CT molecular complexity index is 911. The van der Waals surface area contributed by atoms with Gasteiger partial charge in [-0.25, -0.2) is 0 Å². The van der Waals surface area contributed by atoms with E-state index in [1.54, 1.807) is 6.20 Å². The van der Waals surface area contributed by atoms with Crippen LogP contribution in [0.4, 0.5) is 5.69 Å². The van der Waals surface area contributed by atoms with Crippen molar-refractivity contribution in [2.24, 2.45) is 0 Å². The van der Waals surface area contributed by atoms with E-state index in [0.29, 0.717) is 5.56 Å². The molecule has 2 aromatic carbocycles. The van der Waals surface area contributed by atoms with Gasteiger partial charge < -0.3 is 9.88 Å². The number of rotatable bonds is 3. The number of nitriles is 1. The number of carbonyl (C=O) groups is 1. The number of benzene rings is 2. The normalized spacial score (nSPS) is 10.5. The molecule has 0 radical (unpaired) electrons. The van der Waals surface area contributed by atoms with E-state index in [-0.39, 0.29) is 12.5 Å². The van der Waals surface area contributed by atoms with E-state index in [1.807, 2.05) is 60.9 Å². The van der Waals surface area contributed by atoms with Crippen LogP contribution in [0.1, 0.15) is 16.7 Å². The van der Waals surface area contributed by atoms with Gasteiger partial charge in [-0.05, 0) is 31.0 Å². The Hall–Kier alpha value is -3.06. The third-order valence-corrected chi connectivity index (χ3v) is 3.97. The van der Waals surface area contributed by atoms with Gasteiger partial charge in [0.05, 0.1) is 5.56 Å². The van der Waals surface area contributed by atoms with Crippen LogP contribution >= 0.6 is 0 Å². The summed E-state index contributed by atoms with van der Waals surface area (Å²) in [6.07, 6.45) is 1.73. The highest BCUT2D eigenvalue weighted by atomic mass is 16.1. The zero-order valence-electron chi connectivity index (χ0n) is 13.1. The van der Waals surface area contributed by atoms with Gasteiger partial charge in [0.2, 0.25) is 5.91 Å². The number of fused-ring (bicyclic) bond motifs is 1. The van der Waals surface area contributed by atoms with Crippen LogP contribution in [0.25, 0.3) is 10.9 Å². The number of hydrogen-bond acceptors (Lipinski definition) is 2. The zero-order valence-corrected chi connectivity index (χ0v) is 13.1. The Kier molecular flexibility index (Phi) is 3.86. The molecule has 0 unspecified atom stereocenters. The predicted octanol–water partition coefficient (Wildman–Crippen LogP) is 3.77. The van der Waals surface area contributed by atoms with Crippen LogP contribution in [0.2, 0.25) is 0 Å². The van der Waals surface area contributed by atoms with Crippen molar-refractivity contribution in [3.8, 4) is 6.07 Å². The Labute approximate surface area is 135 Å². The molecule has 23 heavy (non-hydrogen) atoms. The molecule has 0 aliphatic carbocycles. The SMILES string of the molecule is Cc1cccc(C)c1NC(=O)Cn1cc(C#N)c2ccccc21. The third-order valence-electron chi connectivity index (χ3n) is 3.97. The quantitative estimate of drug-likeness (QED) is 0.800. The summed E-state index contributed by atoms with van der Waals surface area (Å²) in [5, 5.41) is 13.1. The number of aryl methyl sites for hydroxylation is 2. The second-order valence-corrected chi connectivity index (χ2v) is 5.61. The topological polar surface area (TPSA) is 57.8 Å². The molecule has 1 amide bonds. The first-order valence-corrected chi connectivity index (χ1v) is 7.44. The van der Waals surface area contributed by atoms with Crippen molar-refractivity contribution >= 4 is 22.5 Å². The van der Waals surface area contributed by atoms with Crippen molar-refractivity contribution in [2.75, 3.05) is 5.32 Å². The minimum atomic E-state index is -0.104. The van der Waals surface area contributed by atoms with E-state index in [1.165, 1.54) is 0 Å². The number of amides is 1. The molecule has 1 heterocycles. The van der Waals surface area contributed by atoms with Crippen LogP contribution < -0.4 is 5.32 Å². The van der Waals surface area contributed by atoms with Crippen LogP contribution in [0.3, 0.4) is 0 Å². The smallest absolute Gasteiger partial charge is 0.244 e. The van der Waals surface area contributed by atoms with Gasteiger partial charge in [0, 0.05) is 22.8 Å². The lowest BCUT2D eigenvalue weighted by atomic mass is 10.1. The fraction of sp³-hybridized carbons (Fsp3) is 0.158. The van der Waals surface area contributed by atoms with Gasteiger partial charge in [-0.1, -0.05) is 36.4 Å². The van der Waals surface area contributed by atoms with E-state index < -0.39 is 0 Å². The molecule has 3 aromatic rings. The Balaban J connectivity index is 1.88. The molecule has 4 nitrogen and oxygen atoms in total. The molecular weight excluding hydrogens is 286 g/mol. The van der Waals surface area contributed by atoms with Crippen molar-refractivity contribution < 1.29 is 4.79 Å². The van der Waals surface area contributed by atoms with Crippen LogP contribution in [-0.2, 0) is 11.3 Å². The number of hydrogen-bond donors (Lipinski definition) is 1. The summed E-state index contributed by atoms with van der Waals surface area (Å²) in [7, 11) is 0. The molecule has 0 bridgehead atoms. The first-order chi connectivity index (χ1) is 11.1. The summed E-state index contributed by atoms with van der Waals surface area (Å²) in [5.74, 6) is -0.104. The summed E-state index contributed by atoms with van der Waals surface area (Å²) in [5.41, 5.74) is 4.40. The van der Waals surface area contributed by atoms with Gasteiger partial charge in [-0.2, -0.15) is 5.26 Å². The minimum absolute atomic E-state index is 0.104. The maximum absolute atomic E-state index is 12.4. The number of aromatic nitrogens is 1. The second-order valence-electron chi connectivity index (χ2n) is 5.61. The average Bonchev–Trinajstić information content (AvgIpc) is 2.89. The molecule has 3 rings (SSSR count). The van der Waals surface area contributed by atoms with E-state index in [0.717, 1.165) is 27.7 Å². The highest BCUT2D eigenvalue weighted by Crippen LogP contribution is 2.22. The highest BCUT2D eigenvalue weighted by Gasteiger charge is 2.12. The predicted molar refractivity (Wildman–Crippen MR) is 91.2 cm³/mol. The maximum Gasteiger partial charge on any atom is 0.244 e.